The van der Waals surface area contributed by atoms with E-state index in [-0.39, 0.29) is 12.2 Å². The summed E-state index contributed by atoms with van der Waals surface area (Å²) < 4.78 is 11.8. The Hall–Kier alpha value is -3.37. The van der Waals surface area contributed by atoms with Crippen LogP contribution in [0.4, 0.5) is 11.5 Å². The van der Waals surface area contributed by atoms with Gasteiger partial charge in [0.15, 0.2) is 11.6 Å². The molecule has 1 saturated heterocycles. The van der Waals surface area contributed by atoms with E-state index in [1.807, 2.05) is 43.3 Å². The summed E-state index contributed by atoms with van der Waals surface area (Å²) in [4.78, 5) is 11.1. The van der Waals surface area contributed by atoms with Crippen LogP contribution in [0.15, 0.2) is 48.8 Å². The topological polar surface area (TPSA) is 83.3 Å². The standard InChI is InChI=1S/C23H25N5O2/c1-3-29-21-7-5-11-26-23(21)27-13-18-15-28(14-16(2)30-18)20-9-8-17(12-24)22-19(20)6-4-10-25-22/h4-11,16,18H,3,13-15H2,1-2H3,(H,26,27)/t16-,18-/m1/s1. The van der Waals surface area contributed by atoms with Crippen LogP contribution in [-0.4, -0.2) is 48.4 Å². The van der Waals surface area contributed by atoms with E-state index in [2.05, 4.69) is 33.2 Å². The number of rotatable bonds is 6. The van der Waals surface area contributed by atoms with Crippen LogP contribution in [0.2, 0.25) is 0 Å². The minimum absolute atomic E-state index is 0.0207. The first-order chi connectivity index (χ1) is 14.7. The Morgan fingerprint density at radius 3 is 2.87 bits per heavy atom. The summed E-state index contributed by atoms with van der Waals surface area (Å²) in [6.07, 6.45) is 3.53. The van der Waals surface area contributed by atoms with Gasteiger partial charge in [0.05, 0.1) is 29.9 Å². The van der Waals surface area contributed by atoms with Crippen LogP contribution >= 0.6 is 0 Å². The van der Waals surface area contributed by atoms with Gasteiger partial charge >= 0.3 is 0 Å². The number of nitriles is 1. The summed E-state index contributed by atoms with van der Waals surface area (Å²) in [5, 5.41) is 13.8. The highest BCUT2D eigenvalue weighted by atomic mass is 16.5. The van der Waals surface area contributed by atoms with Crippen molar-refractivity contribution in [3.63, 3.8) is 0 Å². The lowest BCUT2D eigenvalue weighted by Crippen LogP contribution is -2.49. The molecule has 7 heteroatoms. The largest absolute Gasteiger partial charge is 0.490 e. The molecule has 3 aromatic rings. The number of morpholine rings is 1. The van der Waals surface area contributed by atoms with Crippen molar-refractivity contribution in [2.75, 3.05) is 36.5 Å². The molecule has 1 fully saturated rings. The highest BCUT2D eigenvalue weighted by Crippen LogP contribution is 2.30. The molecule has 0 aliphatic carbocycles. The lowest BCUT2D eigenvalue weighted by Gasteiger charge is -2.38. The highest BCUT2D eigenvalue weighted by Gasteiger charge is 2.27. The van der Waals surface area contributed by atoms with Crippen molar-refractivity contribution in [3.8, 4) is 11.8 Å². The molecule has 154 valence electrons. The Morgan fingerprint density at radius 1 is 1.20 bits per heavy atom. The van der Waals surface area contributed by atoms with Gasteiger partial charge < -0.3 is 19.7 Å². The fraction of sp³-hybridized carbons (Fsp3) is 0.348. The minimum atomic E-state index is -0.0207. The highest BCUT2D eigenvalue weighted by molar-refractivity contribution is 5.95. The van der Waals surface area contributed by atoms with Gasteiger partial charge in [0.1, 0.15) is 6.07 Å². The second-order valence-corrected chi connectivity index (χ2v) is 7.28. The van der Waals surface area contributed by atoms with Crippen molar-refractivity contribution in [1.29, 1.82) is 5.26 Å². The maximum Gasteiger partial charge on any atom is 0.168 e. The Bertz CT molecular complexity index is 1060. The third kappa shape index (κ3) is 4.14. The molecule has 3 heterocycles. The number of nitrogens with one attached hydrogen (secondary N) is 1. The zero-order chi connectivity index (χ0) is 20.9. The number of fused-ring (bicyclic) bond motifs is 1. The number of aromatic nitrogens is 2. The number of anilines is 2. The Labute approximate surface area is 176 Å². The predicted molar refractivity (Wildman–Crippen MR) is 117 cm³/mol. The lowest BCUT2D eigenvalue weighted by atomic mass is 10.1. The van der Waals surface area contributed by atoms with Gasteiger partial charge in [-0.3, -0.25) is 4.98 Å². The number of ether oxygens (including phenoxy) is 2. The smallest absolute Gasteiger partial charge is 0.168 e. The van der Waals surface area contributed by atoms with E-state index >= 15 is 0 Å². The third-order valence-corrected chi connectivity index (χ3v) is 5.10. The Kier molecular flexibility index (Phi) is 5.96. The summed E-state index contributed by atoms with van der Waals surface area (Å²) in [7, 11) is 0. The number of nitrogens with zero attached hydrogens (tertiary/aromatic N) is 4. The van der Waals surface area contributed by atoms with Crippen molar-refractivity contribution < 1.29 is 9.47 Å². The van der Waals surface area contributed by atoms with E-state index in [1.165, 1.54) is 0 Å². The van der Waals surface area contributed by atoms with Gasteiger partial charge in [0.2, 0.25) is 0 Å². The summed E-state index contributed by atoms with van der Waals surface area (Å²) in [6, 6.07) is 13.8. The Balaban J connectivity index is 1.54. The van der Waals surface area contributed by atoms with E-state index in [4.69, 9.17) is 9.47 Å². The first kappa shape index (κ1) is 19.9. The quantitative estimate of drug-likeness (QED) is 0.673. The maximum absolute atomic E-state index is 9.41. The molecule has 1 aliphatic heterocycles. The predicted octanol–water partition coefficient (Wildman–Crippen LogP) is 3.61. The molecule has 7 nitrogen and oxygen atoms in total. The van der Waals surface area contributed by atoms with E-state index in [9.17, 15) is 5.26 Å². The van der Waals surface area contributed by atoms with E-state index in [1.54, 1.807) is 12.4 Å². The fourth-order valence-corrected chi connectivity index (χ4v) is 3.88. The molecule has 0 amide bonds. The van der Waals surface area contributed by atoms with Crippen LogP contribution in [0.1, 0.15) is 19.4 Å². The number of pyridine rings is 2. The molecule has 2 aromatic heterocycles. The van der Waals surface area contributed by atoms with Gasteiger partial charge in [-0.2, -0.15) is 5.26 Å². The van der Waals surface area contributed by atoms with Gasteiger partial charge in [-0.25, -0.2) is 4.98 Å². The first-order valence-electron chi connectivity index (χ1n) is 10.2. The number of benzene rings is 1. The van der Waals surface area contributed by atoms with E-state index in [0.29, 0.717) is 18.7 Å². The van der Waals surface area contributed by atoms with Crippen molar-refractivity contribution >= 4 is 22.4 Å². The number of hydrogen-bond donors (Lipinski definition) is 1. The van der Waals surface area contributed by atoms with Crippen LogP contribution < -0.4 is 15.0 Å². The second kappa shape index (κ2) is 8.97. The van der Waals surface area contributed by atoms with Crippen LogP contribution in [-0.2, 0) is 4.74 Å². The molecule has 30 heavy (non-hydrogen) atoms. The van der Waals surface area contributed by atoms with Crippen molar-refractivity contribution in [2.45, 2.75) is 26.1 Å². The van der Waals surface area contributed by atoms with E-state index < -0.39 is 0 Å². The van der Waals surface area contributed by atoms with Crippen LogP contribution in [0.25, 0.3) is 10.9 Å². The summed E-state index contributed by atoms with van der Waals surface area (Å²) in [6.45, 7) is 6.74. The maximum atomic E-state index is 9.41. The minimum Gasteiger partial charge on any atom is -0.490 e. The van der Waals surface area contributed by atoms with Crippen LogP contribution in [0.3, 0.4) is 0 Å². The van der Waals surface area contributed by atoms with Crippen molar-refractivity contribution in [3.05, 3.63) is 54.4 Å². The third-order valence-electron chi connectivity index (χ3n) is 5.10. The zero-order valence-corrected chi connectivity index (χ0v) is 17.2. The monoisotopic (exact) mass is 403 g/mol. The van der Waals surface area contributed by atoms with Gasteiger partial charge in [-0.15, -0.1) is 0 Å². The molecular formula is C23H25N5O2. The number of hydrogen-bond acceptors (Lipinski definition) is 7. The SMILES string of the molecule is CCOc1cccnc1NC[C@@H]1CN(c2ccc(C#N)c3ncccc23)C[C@@H](C)O1. The van der Waals surface area contributed by atoms with Crippen LogP contribution in [0, 0.1) is 11.3 Å². The average molecular weight is 403 g/mol. The van der Waals surface area contributed by atoms with Crippen molar-refractivity contribution in [2.24, 2.45) is 0 Å². The molecule has 1 aliphatic rings. The first-order valence-corrected chi connectivity index (χ1v) is 10.2. The van der Waals surface area contributed by atoms with Gasteiger partial charge in [-0.1, -0.05) is 0 Å². The summed E-state index contributed by atoms with van der Waals surface area (Å²) >= 11 is 0. The molecule has 2 atom stereocenters. The Morgan fingerprint density at radius 2 is 2.03 bits per heavy atom. The van der Waals surface area contributed by atoms with Gasteiger partial charge in [0, 0.05) is 43.1 Å². The normalized spacial score (nSPS) is 18.8. The zero-order valence-electron chi connectivity index (χ0n) is 17.2. The van der Waals surface area contributed by atoms with Crippen molar-refractivity contribution in [1.82, 2.24) is 9.97 Å². The molecule has 0 saturated carbocycles. The molecule has 0 spiro atoms. The fourth-order valence-electron chi connectivity index (χ4n) is 3.88. The molecule has 0 radical (unpaired) electrons. The van der Waals surface area contributed by atoms with Crippen LogP contribution in [0.5, 0.6) is 5.75 Å². The summed E-state index contributed by atoms with van der Waals surface area (Å²) in [5.41, 5.74) is 2.40. The molecular weight excluding hydrogens is 378 g/mol. The molecule has 0 unspecified atom stereocenters. The molecule has 1 aromatic carbocycles. The lowest BCUT2D eigenvalue weighted by molar-refractivity contribution is -0.00825. The van der Waals surface area contributed by atoms with E-state index in [0.717, 1.165) is 41.2 Å². The average Bonchev–Trinajstić information content (AvgIpc) is 2.77. The van der Waals surface area contributed by atoms with Gasteiger partial charge in [-0.05, 0) is 50.2 Å². The molecule has 0 bridgehead atoms. The molecule has 4 rings (SSSR count). The van der Waals surface area contributed by atoms with Gasteiger partial charge in [0.25, 0.3) is 0 Å². The second-order valence-electron chi connectivity index (χ2n) is 7.28. The molecule has 1 N–H and O–H groups in total. The summed E-state index contributed by atoms with van der Waals surface area (Å²) in [5.74, 6) is 1.46.